The lowest BCUT2D eigenvalue weighted by Crippen LogP contribution is -2.10. The molecule has 0 amide bonds. The van der Waals surface area contributed by atoms with Crippen LogP contribution in [0.25, 0.3) is 0 Å². The lowest BCUT2D eigenvalue weighted by atomic mass is 10.1. The van der Waals surface area contributed by atoms with E-state index in [9.17, 15) is 0 Å². The molecule has 1 aromatic heterocycles. The van der Waals surface area contributed by atoms with Gasteiger partial charge in [0.25, 0.3) is 0 Å². The predicted molar refractivity (Wildman–Crippen MR) is 83.0 cm³/mol. The fourth-order valence-electron chi connectivity index (χ4n) is 1.59. The van der Waals surface area contributed by atoms with Crippen LogP contribution in [0, 0.1) is 0 Å². The van der Waals surface area contributed by atoms with Gasteiger partial charge in [-0.3, -0.25) is 4.98 Å². The molecule has 1 heterocycles. The molecule has 0 aliphatic heterocycles. The Morgan fingerprint density at radius 2 is 1.85 bits per heavy atom. The second-order valence-corrected chi connectivity index (χ2v) is 5.45. The Balaban J connectivity index is 2.20. The normalized spacial score (nSPS) is 12.2. The molecule has 106 valence electrons. The number of ether oxygens (including phenoxy) is 1. The van der Waals surface area contributed by atoms with E-state index in [2.05, 4.69) is 4.98 Å². The molecule has 0 aliphatic carbocycles. The van der Waals surface area contributed by atoms with E-state index in [1.165, 1.54) is 6.07 Å². The first-order chi connectivity index (χ1) is 9.51. The zero-order valence-electron chi connectivity index (χ0n) is 10.7. The van der Waals surface area contributed by atoms with Crippen molar-refractivity contribution >= 4 is 34.8 Å². The number of benzene rings is 1. The third-order valence-electron chi connectivity index (χ3n) is 2.78. The summed E-state index contributed by atoms with van der Waals surface area (Å²) in [7, 11) is 0. The number of hydrogen-bond donors (Lipinski definition) is 1. The van der Waals surface area contributed by atoms with Crippen molar-refractivity contribution in [3.8, 4) is 11.5 Å². The van der Waals surface area contributed by atoms with E-state index in [1.54, 1.807) is 18.3 Å². The van der Waals surface area contributed by atoms with E-state index in [4.69, 9.17) is 45.3 Å². The third-order valence-corrected chi connectivity index (χ3v) is 3.80. The van der Waals surface area contributed by atoms with Crippen LogP contribution in [0.15, 0.2) is 30.5 Å². The van der Waals surface area contributed by atoms with Crippen LogP contribution >= 0.6 is 34.8 Å². The molecular formula is C14H13Cl3N2O. The fourth-order valence-corrected chi connectivity index (χ4v) is 2.17. The third kappa shape index (κ3) is 3.55. The number of rotatable bonds is 4. The van der Waals surface area contributed by atoms with Crippen molar-refractivity contribution < 1.29 is 4.74 Å². The maximum atomic E-state index is 6.05. The number of nitrogens with zero attached hydrogens (tertiary/aromatic N) is 1. The lowest BCUT2D eigenvalue weighted by molar-refractivity contribution is 0.479. The van der Waals surface area contributed by atoms with Gasteiger partial charge in [-0.15, -0.1) is 0 Å². The summed E-state index contributed by atoms with van der Waals surface area (Å²) in [6.45, 7) is 2.01. The summed E-state index contributed by atoms with van der Waals surface area (Å²) in [4.78, 5) is 4.26. The first-order valence-corrected chi connectivity index (χ1v) is 7.18. The van der Waals surface area contributed by atoms with Gasteiger partial charge >= 0.3 is 0 Å². The number of nitrogens with two attached hydrogens (primary N) is 1. The van der Waals surface area contributed by atoms with Gasteiger partial charge in [0, 0.05) is 12.1 Å². The van der Waals surface area contributed by atoms with E-state index in [-0.39, 0.29) is 6.04 Å². The standard InChI is InChI=1S/C14H13Cl3N2O/c1-2-12(18)13-4-3-8(7-19-13)20-14-6-10(16)9(15)5-11(14)17/h3-7,12H,2,18H2,1H3/t12-/m1/s1. The number of halogens is 3. The summed E-state index contributed by atoms with van der Waals surface area (Å²) in [6, 6.07) is 6.65. The largest absolute Gasteiger partial charge is 0.454 e. The van der Waals surface area contributed by atoms with Crippen LogP contribution in [0.5, 0.6) is 11.5 Å². The molecule has 0 bridgehead atoms. The monoisotopic (exact) mass is 330 g/mol. The number of hydrogen-bond acceptors (Lipinski definition) is 3. The van der Waals surface area contributed by atoms with Gasteiger partial charge < -0.3 is 10.5 Å². The maximum Gasteiger partial charge on any atom is 0.147 e. The lowest BCUT2D eigenvalue weighted by Gasteiger charge is -2.11. The molecule has 0 radical (unpaired) electrons. The van der Waals surface area contributed by atoms with Gasteiger partial charge in [-0.2, -0.15) is 0 Å². The molecule has 6 heteroatoms. The van der Waals surface area contributed by atoms with Crippen molar-refractivity contribution in [1.82, 2.24) is 4.98 Å². The molecule has 0 spiro atoms. The first kappa shape index (κ1) is 15.4. The molecule has 1 atom stereocenters. The van der Waals surface area contributed by atoms with Crippen molar-refractivity contribution in [1.29, 1.82) is 0 Å². The van der Waals surface area contributed by atoms with Gasteiger partial charge in [0.2, 0.25) is 0 Å². The Morgan fingerprint density at radius 3 is 2.45 bits per heavy atom. The fraction of sp³-hybridized carbons (Fsp3) is 0.214. The number of aromatic nitrogens is 1. The van der Waals surface area contributed by atoms with Crippen molar-refractivity contribution in [3.05, 3.63) is 51.2 Å². The van der Waals surface area contributed by atoms with Crippen LogP contribution < -0.4 is 10.5 Å². The molecule has 1 aromatic carbocycles. The van der Waals surface area contributed by atoms with E-state index in [1.807, 2.05) is 13.0 Å². The summed E-state index contributed by atoms with van der Waals surface area (Å²) in [5, 5.41) is 1.14. The van der Waals surface area contributed by atoms with Gasteiger partial charge in [0.1, 0.15) is 11.5 Å². The van der Waals surface area contributed by atoms with Crippen molar-refractivity contribution in [3.63, 3.8) is 0 Å². The van der Waals surface area contributed by atoms with Gasteiger partial charge in [0.05, 0.1) is 27.0 Å². The summed E-state index contributed by atoms with van der Waals surface area (Å²) in [5.74, 6) is 0.979. The molecule has 2 aromatic rings. The van der Waals surface area contributed by atoms with Crippen LogP contribution in [0.1, 0.15) is 25.1 Å². The second-order valence-electron chi connectivity index (χ2n) is 4.23. The molecule has 0 fully saturated rings. The highest BCUT2D eigenvalue weighted by Gasteiger charge is 2.09. The Morgan fingerprint density at radius 1 is 1.15 bits per heavy atom. The van der Waals surface area contributed by atoms with Crippen LogP contribution in [-0.4, -0.2) is 4.98 Å². The van der Waals surface area contributed by atoms with Crippen LogP contribution in [0.3, 0.4) is 0 Å². The average Bonchev–Trinajstić information content (AvgIpc) is 2.44. The SMILES string of the molecule is CC[C@@H](N)c1ccc(Oc2cc(Cl)c(Cl)cc2Cl)cn1. The highest BCUT2D eigenvalue weighted by Crippen LogP contribution is 2.36. The number of pyridine rings is 1. The Labute approximate surface area is 132 Å². The minimum Gasteiger partial charge on any atom is -0.454 e. The summed E-state index contributed by atoms with van der Waals surface area (Å²) < 4.78 is 5.63. The molecule has 0 unspecified atom stereocenters. The van der Waals surface area contributed by atoms with E-state index in [0.717, 1.165) is 12.1 Å². The quantitative estimate of drug-likeness (QED) is 0.779. The molecule has 0 saturated carbocycles. The molecule has 3 nitrogen and oxygen atoms in total. The van der Waals surface area contributed by atoms with Gasteiger partial charge in [-0.25, -0.2) is 0 Å². The summed E-state index contributed by atoms with van der Waals surface area (Å²) in [6.07, 6.45) is 2.43. The zero-order valence-corrected chi connectivity index (χ0v) is 13.0. The topological polar surface area (TPSA) is 48.1 Å². The molecule has 2 rings (SSSR count). The van der Waals surface area contributed by atoms with Gasteiger partial charge in [-0.1, -0.05) is 41.7 Å². The van der Waals surface area contributed by atoms with Gasteiger partial charge in [-0.05, 0) is 24.6 Å². The van der Waals surface area contributed by atoms with E-state index < -0.39 is 0 Å². The van der Waals surface area contributed by atoms with Crippen molar-refractivity contribution in [2.75, 3.05) is 0 Å². The predicted octanol–water partition coefficient (Wildman–Crippen LogP) is 5.24. The maximum absolute atomic E-state index is 6.05. The molecule has 0 aliphatic rings. The minimum absolute atomic E-state index is 0.0717. The minimum atomic E-state index is -0.0717. The Bertz CT molecular complexity index is 602. The molecular weight excluding hydrogens is 319 g/mol. The average molecular weight is 332 g/mol. The molecule has 20 heavy (non-hydrogen) atoms. The summed E-state index contributed by atoms with van der Waals surface area (Å²) in [5.41, 5.74) is 6.72. The smallest absolute Gasteiger partial charge is 0.147 e. The van der Waals surface area contributed by atoms with Gasteiger partial charge in [0.15, 0.2) is 0 Å². The van der Waals surface area contributed by atoms with Crippen molar-refractivity contribution in [2.24, 2.45) is 5.73 Å². The van der Waals surface area contributed by atoms with E-state index >= 15 is 0 Å². The zero-order chi connectivity index (χ0) is 14.7. The Kier molecular flexibility index (Phi) is 5.11. The van der Waals surface area contributed by atoms with Crippen LogP contribution in [0.2, 0.25) is 15.1 Å². The highest BCUT2D eigenvalue weighted by molar-refractivity contribution is 6.43. The Hall–Kier alpha value is -1.00. The summed E-state index contributed by atoms with van der Waals surface area (Å²) >= 11 is 17.8. The van der Waals surface area contributed by atoms with Crippen molar-refractivity contribution in [2.45, 2.75) is 19.4 Å². The molecule has 2 N–H and O–H groups in total. The van der Waals surface area contributed by atoms with E-state index in [0.29, 0.717) is 26.6 Å². The second kappa shape index (κ2) is 6.64. The van der Waals surface area contributed by atoms with Crippen LogP contribution in [-0.2, 0) is 0 Å². The first-order valence-electron chi connectivity index (χ1n) is 6.05. The van der Waals surface area contributed by atoms with Crippen LogP contribution in [0.4, 0.5) is 0 Å². The molecule has 0 saturated heterocycles. The highest BCUT2D eigenvalue weighted by atomic mass is 35.5.